The number of hydrogen-bond acceptors (Lipinski definition) is 5. The van der Waals surface area contributed by atoms with Gasteiger partial charge in [0, 0.05) is 23.4 Å². The van der Waals surface area contributed by atoms with Gasteiger partial charge in [-0.25, -0.2) is 4.98 Å². The molecule has 0 aromatic carbocycles. The quantitative estimate of drug-likeness (QED) is 0.903. The highest BCUT2D eigenvalue weighted by atomic mass is 32.1. The average molecular weight is 246 g/mol. The highest BCUT2D eigenvalue weighted by Gasteiger charge is 2.25. The first-order chi connectivity index (χ1) is 8.24. The van der Waals surface area contributed by atoms with Gasteiger partial charge in [-0.15, -0.1) is 0 Å². The summed E-state index contributed by atoms with van der Waals surface area (Å²) in [6.45, 7) is 1.92. The third-order valence-corrected chi connectivity index (χ3v) is 3.78. The lowest BCUT2D eigenvalue weighted by Crippen LogP contribution is -2.03. The Hall–Kier alpha value is -1.33. The third-order valence-electron chi connectivity index (χ3n) is 2.87. The van der Waals surface area contributed by atoms with Gasteiger partial charge in [-0.2, -0.15) is 4.37 Å². The highest BCUT2D eigenvalue weighted by Crippen LogP contribution is 2.39. The zero-order valence-corrected chi connectivity index (χ0v) is 10.4. The predicted octanol–water partition coefficient (Wildman–Crippen LogP) is 2.50. The molecular formula is C12H14N4S. The maximum atomic E-state index is 5.79. The lowest BCUT2D eigenvalue weighted by atomic mass is 10.2. The summed E-state index contributed by atoms with van der Waals surface area (Å²) >= 11 is 1.38. The molecule has 3 rings (SSSR count). The van der Waals surface area contributed by atoms with Crippen LogP contribution >= 0.6 is 11.5 Å². The van der Waals surface area contributed by atoms with Crippen LogP contribution in [0.5, 0.6) is 0 Å². The molecule has 0 saturated heterocycles. The van der Waals surface area contributed by atoms with Crippen LogP contribution in [0.15, 0.2) is 18.3 Å². The fraction of sp³-hybridized carbons (Fsp3) is 0.417. The van der Waals surface area contributed by atoms with E-state index < -0.39 is 0 Å². The lowest BCUT2D eigenvalue weighted by Gasteiger charge is -2.00. The highest BCUT2D eigenvalue weighted by molar-refractivity contribution is 7.05. The molecule has 2 aromatic rings. The number of hydrogen-bond donors (Lipinski definition) is 1. The van der Waals surface area contributed by atoms with Crippen LogP contribution in [0.1, 0.15) is 42.4 Å². The van der Waals surface area contributed by atoms with Crippen LogP contribution in [-0.4, -0.2) is 14.3 Å². The van der Waals surface area contributed by atoms with Gasteiger partial charge in [-0.1, -0.05) is 0 Å². The maximum Gasteiger partial charge on any atom is 0.173 e. The van der Waals surface area contributed by atoms with Gasteiger partial charge in [-0.05, 0) is 43.4 Å². The van der Waals surface area contributed by atoms with Crippen molar-refractivity contribution in [2.75, 3.05) is 0 Å². The van der Waals surface area contributed by atoms with Crippen molar-refractivity contribution < 1.29 is 0 Å². The van der Waals surface area contributed by atoms with Crippen LogP contribution < -0.4 is 5.73 Å². The van der Waals surface area contributed by atoms with Gasteiger partial charge in [0.15, 0.2) is 5.82 Å². The Kier molecular flexibility index (Phi) is 2.64. The molecule has 1 fully saturated rings. The SMILES string of the molecule is C[C@H](N)c1nc(-c2ccnc(C3CC3)c2)ns1. The van der Waals surface area contributed by atoms with E-state index in [0.717, 1.165) is 16.4 Å². The first-order valence-corrected chi connectivity index (χ1v) is 6.57. The summed E-state index contributed by atoms with van der Waals surface area (Å²) in [6, 6.07) is 4.01. The van der Waals surface area contributed by atoms with Crippen LogP contribution in [0.4, 0.5) is 0 Å². The molecule has 1 atom stereocenters. The first kappa shape index (κ1) is 10.8. The van der Waals surface area contributed by atoms with E-state index in [1.165, 1.54) is 30.1 Å². The summed E-state index contributed by atoms with van der Waals surface area (Å²) in [7, 11) is 0. The van der Waals surface area contributed by atoms with Gasteiger partial charge in [-0.3, -0.25) is 4.98 Å². The minimum Gasteiger partial charge on any atom is -0.322 e. The maximum absolute atomic E-state index is 5.79. The molecule has 2 N–H and O–H groups in total. The molecule has 4 nitrogen and oxygen atoms in total. The van der Waals surface area contributed by atoms with E-state index in [-0.39, 0.29) is 6.04 Å². The van der Waals surface area contributed by atoms with Crippen molar-refractivity contribution >= 4 is 11.5 Å². The standard InChI is InChI=1S/C12H14N4S/c1-7(13)12-15-11(16-17-12)9-4-5-14-10(6-9)8-2-3-8/h4-8H,2-3,13H2,1H3/t7-/m0/s1. The van der Waals surface area contributed by atoms with Crippen molar-refractivity contribution in [1.82, 2.24) is 14.3 Å². The summed E-state index contributed by atoms with van der Waals surface area (Å²) in [6.07, 6.45) is 4.35. The Balaban J connectivity index is 1.93. The van der Waals surface area contributed by atoms with E-state index in [4.69, 9.17) is 5.73 Å². The second kappa shape index (κ2) is 4.16. The monoisotopic (exact) mass is 246 g/mol. The Labute approximate surface area is 104 Å². The van der Waals surface area contributed by atoms with Gasteiger partial charge < -0.3 is 5.73 Å². The van der Waals surface area contributed by atoms with Gasteiger partial charge >= 0.3 is 0 Å². The molecule has 0 amide bonds. The molecule has 0 unspecified atom stereocenters. The molecule has 1 aliphatic carbocycles. The van der Waals surface area contributed by atoms with Crippen molar-refractivity contribution in [3.8, 4) is 11.4 Å². The Bertz CT molecular complexity index is 531. The van der Waals surface area contributed by atoms with E-state index in [2.05, 4.69) is 20.4 Å². The normalized spacial score (nSPS) is 17.1. The Morgan fingerprint density at radius 1 is 1.47 bits per heavy atom. The summed E-state index contributed by atoms with van der Waals surface area (Å²) in [5.74, 6) is 1.42. The molecule has 17 heavy (non-hydrogen) atoms. The van der Waals surface area contributed by atoms with Gasteiger partial charge in [0.05, 0.1) is 6.04 Å². The van der Waals surface area contributed by atoms with Gasteiger partial charge in [0.25, 0.3) is 0 Å². The van der Waals surface area contributed by atoms with Gasteiger partial charge in [0.2, 0.25) is 0 Å². The molecule has 0 radical (unpaired) electrons. The van der Waals surface area contributed by atoms with E-state index in [1.807, 2.05) is 19.2 Å². The number of nitrogens with zero attached hydrogens (tertiary/aromatic N) is 3. The number of aromatic nitrogens is 3. The largest absolute Gasteiger partial charge is 0.322 e. The van der Waals surface area contributed by atoms with Gasteiger partial charge in [0.1, 0.15) is 5.01 Å². The summed E-state index contributed by atoms with van der Waals surface area (Å²) in [4.78, 5) is 8.85. The first-order valence-electron chi connectivity index (χ1n) is 5.79. The van der Waals surface area contributed by atoms with E-state index in [0.29, 0.717) is 5.92 Å². The smallest absolute Gasteiger partial charge is 0.173 e. The number of rotatable bonds is 3. The van der Waals surface area contributed by atoms with Crippen LogP contribution in [0.2, 0.25) is 0 Å². The molecule has 88 valence electrons. The molecule has 5 heteroatoms. The third kappa shape index (κ3) is 2.21. The van der Waals surface area contributed by atoms with Crippen LogP contribution in [0, 0.1) is 0 Å². The van der Waals surface area contributed by atoms with Crippen molar-refractivity contribution in [1.29, 1.82) is 0 Å². The van der Waals surface area contributed by atoms with Crippen molar-refractivity contribution in [2.24, 2.45) is 5.73 Å². The molecule has 1 aliphatic rings. The summed E-state index contributed by atoms with van der Waals surface area (Å²) in [5.41, 5.74) is 8.00. The average Bonchev–Trinajstić information content (AvgIpc) is 3.06. The molecule has 1 saturated carbocycles. The zero-order valence-electron chi connectivity index (χ0n) is 9.63. The number of nitrogens with two attached hydrogens (primary N) is 1. The molecule has 0 bridgehead atoms. The second-order valence-corrected chi connectivity index (χ2v) is 5.27. The predicted molar refractivity (Wildman–Crippen MR) is 67.7 cm³/mol. The zero-order chi connectivity index (χ0) is 11.8. The molecular weight excluding hydrogens is 232 g/mol. The Morgan fingerprint density at radius 3 is 2.94 bits per heavy atom. The van der Waals surface area contributed by atoms with E-state index >= 15 is 0 Å². The minimum absolute atomic E-state index is 0.0500. The van der Waals surface area contributed by atoms with Crippen LogP contribution in [0.25, 0.3) is 11.4 Å². The molecule has 0 aliphatic heterocycles. The molecule has 0 spiro atoms. The van der Waals surface area contributed by atoms with Crippen LogP contribution in [0.3, 0.4) is 0 Å². The minimum atomic E-state index is -0.0500. The molecule has 2 heterocycles. The van der Waals surface area contributed by atoms with Crippen molar-refractivity contribution in [3.63, 3.8) is 0 Å². The topological polar surface area (TPSA) is 64.7 Å². The summed E-state index contributed by atoms with van der Waals surface area (Å²) < 4.78 is 4.35. The second-order valence-electron chi connectivity index (χ2n) is 4.49. The van der Waals surface area contributed by atoms with E-state index in [9.17, 15) is 0 Å². The molecule has 2 aromatic heterocycles. The summed E-state index contributed by atoms with van der Waals surface area (Å²) in [5, 5.41) is 0.879. The fourth-order valence-corrected chi connectivity index (χ4v) is 2.35. The van der Waals surface area contributed by atoms with Crippen molar-refractivity contribution in [3.05, 3.63) is 29.0 Å². The Morgan fingerprint density at radius 2 is 2.29 bits per heavy atom. The fourth-order valence-electron chi connectivity index (χ4n) is 1.73. The lowest BCUT2D eigenvalue weighted by molar-refractivity contribution is 0.807. The van der Waals surface area contributed by atoms with Crippen molar-refractivity contribution in [2.45, 2.75) is 31.7 Å². The van der Waals surface area contributed by atoms with E-state index in [1.54, 1.807) is 0 Å². The number of pyridine rings is 1. The van der Waals surface area contributed by atoms with Crippen LogP contribution in [-0.2, 0) is 0 Å².